The summed E-state index contributed by atoms with van der Waals surface area (Å²) < 4.78 is 0. The predicted octanol–water partition coefficient (Wildman–Crippen LogP) is 1.76. The second kappa shape index (κ2) is 5.57. The monoisotopic (exact) mass is 237 g/mol. The van der Waals surface area contributed by atoms with Crippen molar-refractivity contribution < 1.29 is 0 Å². The number of hydrogen-bond acceptors (Lipinski definition) is 4. The topological polar surface area (TPSA) is 19.4 Å². The molecule has 4 heteroatoms. The van der Waals surface area contributed by atoms with Crippen molar-refractivity contribution in [2.24, 2.45) is 0 Å². The van der Waals surface area contributed by atoms with Gasteiger partial charge in [-0.25, -0.2) is 4.98 Å². The van der Waals surface area contributed by atoms with Gasteiger partial charge in [0.2, 0.25) is 0 Å². The van der Waals surface area contributed by atoms with Crippen molar-refractivity contribution in [2.75, 3.05) is 32.7 Å². The fraction of sp³-hybridized carbons (Fsp3) is 0.583. The molecule has 0 atom stereocenters. The molecule has 0 unspecified atom stereocenters. The first kappa shape index (κ1) is 11.8. The number of aromatic nitrogens is 1. The van der Waals surface area contributed by atoms with Crippen LogP contribution in [0.3, 0.4) is 0 Å². The Morgan fingerprint density at radius 1 is 1.38 bits per heavy atom. The van der Waals surface area contributed by atoms with Crippen molar-refractivity contribution in [2.45, 2.75) is 13.5 Å². The zero-order valence-corrected chi connectivity index (χ0v) is 10.7. The first-order valence-electron chi connectivity index (χ1n) is 5.74. The molecule has 0 radical (unpaired) electrons. The van der Waals surface area contributed by atoms with Crippen LogP contribution in [0.25, 0.3) is 0 Å². The number of piperazine rings is 1. The lowest BCUT2D eigenvalue weighted by molar-refractivity contribution is 0.136. The molecular formula is C12H19N3S. The quantitative estimate of drug-likeness (QED) is 0.744. The van der Waals surface area contributed by atoms with E-state index in [0.29, 0.717) is 0 Å². The summed E-state index contributed by atoms with van der Waals surface area (Å²) in [6.45, 7) is 12.5. The molecule has 2 heterocycles. The van der Waals surface area contributed by atoms with Crippen molar-refractivity contribution in [3.63, 3.8) is 0 Å². The van der Waals surface area contributed by atoms with Crippen LogP contribution in [0.2, 0.25) is 0 Å². The molecule has 0 amide bonds. The molecular weight excluding hydrogens is 218 g/mol. The van der Waals surface area contributed by atoms with E-state index >= 15 is 0 Å². The third-order valence-corrected chi connectivity index (χ3v) is 3.73. The second-order valence-corrected chi connectivity index (χ2v) is 5.29. The van der Waals surface area contributed by atoms with E-state index in [1.807, 2.05) is 6.08 Å². The molecule has 2 rings (SSSR count). The molecule has 1 aromatic heterocycles. The Labute approximate surface area is 101 Å². The highest BCUT2D eigenvalue weighted by Gasteiger charge is 2.16. The lowest BCUT2D eigenvalue weighted by Crippen LogP contribution is -2.45. The van der Waals surface area contributed by atoms with Crippen LogP contribution >= 0.6 is 11.3 Å². The molecule has 0 N–H and O–H groups in total. The minimum atomic E-state index is 1.01. The highest BCUT2D eigenvalue weighted by Crippen LogP contribution is 2.12. The maximum Gasteiger partial charge on any atom is 0.0897 e. The Hall–Kier alpha value is -0.710. The highest BCUT2D eigenvalue weighted by molar-refractivity contribution is 7.09. The van der Waals surface area contributed by atoms with E-state index in [1.165, 1.54) is 10.7 Å². The summed E-state index contributed by atoms with van der Waals surface area (Å²) in [5.41, 5.74) is 1.22. The Balaban J connectivity index is 1.79. The second-order valence-electron chi connectivity index (χ2n) is 4.22. The van der Waals surface area contributed by atoms with Crippen molar-refractivity contribution in [3.05, 3.63) is 28.7 Å². The summed E-state index contributed by atoms with van der Waals surface area (Å²) in [6, 6.07) is 0. The van der Waals surface area contributed by atoms with E-state index in [4.69, 9.17) is 0 Å². The van der Waals surface area contributed by atoms with Crippen LogP contribution < -0.4 is 0 Å². The van der Waals surface area contributed by atoms with Crippen LogP contribution in [0.1, 0.15) is 10.7 Å². The van der Waals surface area contributed by atoms with Gasteiger partial charge in [0.05, 0.1) is 10.7 Å². The van der Waals surface area contributed by atoms with Gasteiger partial charge in [-0.2, -0.15) is 0 Å². The van der Waals surface area contributed by atoms with E-state index < -0.39 is 0 Å². The van der Waals surface area contributed by atoms with Crippen molar-refractivity contribution in [1.29, 1.82) is 0 Å². The number of aryl methyl sites for hydroxylation is 1. The smallest absolute Gasteiger partial charge is 0.0897 e. The average Bonchev–Trinajstić information content (AvgIpc) is 2.67. The number of hydrogen-bond donors (Lipinski definition) is 0. The van der Waals surface area contributed by atoms with Crippen LogP contribution in [0.15, 0.2) is 18.0 Å². The standard InChI is InChI=1S/C12H19N3S/c1-3-4-14-5-7-15(8-6-14)9-12-10-16-11(2)13-12/h3,10H,1,4-9H2,2H3. The summed E-state index contributed by atoms with van der Waals surface area (Å²) >= 11 is 1.74. The SMILES string of the molecule is C=CCN1CCN(Cc2csc(C)n2)CC1. The molecule has 3 nitrogen and oxygen atoms in total. The minimum absolute atomic E-state index is 1.01. The highest BCUT2D eigenvalue weighted by atomic mass is 32.1. The van der Waals surface area contributed by atoms with Crippen molar-refractivity contribution in [3.8, 4) is 0 Å². The van der Waals surface area contributed by atoms with Gasteiger partial charge in [-0.3, -0.25) is 9.80 Å². The first-order valence-corrected chi connectivity index (χ1v) is 6.62. The molecule has 0 spiro atoms. The normalized spacial score (nSPS) is 18.8. The molecule has 1 aromatic rings. The molecule has 1 aliphatic rings. The molecule has 0 aliphatic carbocycles. The van der Waals surface area contributed by atoms with Gasteiger partial charge in [-0.05, 0) is 6.92 Å². The lowest BCUT2D eigenvalue weighted by Gasteiger charge is -2.33. The van der Waals surface area contributed by atoms with E-state index in [0.717, 1.165) is 39.3 Å². The third kappa shape index (κ3) is 3.14. The Bertz CT molecular complexity index is 340. The molecule has 0 aromatic carbocycles. The fourth-order valence-electron chi connectivity index (χ4n) is 2.02. The summed E-state index contributed by atoms with van der Waals surface area (Å²) in [6.07, 6.45) is 1.99. The number of nitrogens with zero attached hydrogens (tertiary/aromatic N) is 3. The van der Waals surface area contributed by atoms with Gasteiger partial charge in [0, 0.05) is 44.6 Å². The van der Waals surface area contributed by atoms with Gasteiger partial charge < -0.3 is 0 Å². The zero-order valence-electron chi connectivity index (χ0n) is 9.85. The molecule has 1 saturated heterocycles. The molecule has 1 aliphatic heterocycles. The molecule has 88 valence electrons. The summed E-state index contributed by atoms with van der Waals surface area (Å²) in [7, 11) is 0. The Kier molecular flexibility index (Phi) is 4.09. The van der Waals surface area contributed by atoms with Crippen LogP contribution in [0, 0.1) is 6.92 Å². The van der Waals surface area contributed by atoms with Crippen LogP contribution in [-0.2, 0) is 6.54 Å². The van der Waals surface area contributed by atoms with Crippen molar-refractivity contribution >= 4 is 11.3 Å². The molecule has 1 fully saturated rings. The van der Waals surface area contributed by atoms with Gasteiger partial charge in [0.1, 0.15) is 0 Å². The Morgan fingerprint density at radius 3 is 2.62 bits per heavy atom. The number of thiazole rings is 1. The van der Waals surface area contributed by atoms with Gasteiger partial charge in [0.25, 0.3) is 0 Å². The predicted molar refractivity (Wildman–Crippen MR) is 68.8 cm³/mol. The van der Waals surface area contributed by atoms with Gasteiger partial charge >= 0.3 is 0 Å². The first-order chi connectivity index (χ1) is 7.78. The fourth-order valence-corrected chi connectivity index (χ4v) is 2.63. The number of rotatable bonds is 4. The van der Waals surface area contributed by atoms with Gasteiger partial charge in [-0.15, -0.1) is 17.9 Å². The average molecular weight is 237 g/mol. The third-order valence-electron chi connectivity index (χ3n) is 2.90. The molecule has 16 heavy (non-hydrogen) atoms. The maximum atomic E-state index is 4.51. The van der Waals surface area contributed by atoms with E-state index in [9.17, 15) is 0 Å². The summed E-state index contributed by atoms with van der Waals surface area (Å²) in [5, 5.41) is 3.34. The zero-order chi connectivity index (χ0) is 11.4. The van der Waals surface area contributed by atoms with E-state index in [-0.39, 0.29) is 0 Å². The lowest BCUT2D eigenvalue weighted by atomic mass is 10.3. The Morgan fingerprint density at radius 2 is 2.06 bits per heavy atom. The molecule has 0 bridgehead atoms. The molecule has 0 saturated carbocycles. The van der Waals surface area contributed by atoms with Crippen molar-refractivity contribution in [1.82, 2.24) is 14.8 Å². The van der Waals surface area contributed by atoms with E-state index in [1.54, 1.807) is 11.3 Å². The van der Waals surface area contributed by atoms with Crippen LogP contribution in [0.4, 0.5) is 0 Å². The van der Waals surface area contributed by atoms with Gasteiger partial charge in [-0.1, -0.05) is 6.08 Å². The van der Waals surface area contributed by atoms with E-state index in [2.05, 4.69) is 33.7 Å². The minimum Gasteiger partial charge on any atom is -0.297 e. The summed E-state index contributed by atoms with van der Waals surface area (Å²) in [4.78, 5) is 9.43. The van der Waals surface area contributed by atoms with Crippen LogP contribution in [0.5, 0.6) is 0 Å². The van der Waals surface area contributed by atoms with Crippen LogP contribution in [-0.4, -0.2) is 47.5 Å². The van der Waals surface area contributed by atoms with Gasteiger partial charge in [0.15, 0.2) is 0 Å². The maximum absolute atomic E-state index is 4.51. The largest absolute Gasteiger partial charge is 0.297 e. The summed E-state index contributed by atoms with van der Waals surface area (Å²) in [5.74, 6) is 0.